The minimum atomic E-state index is 0.640. The number of anilines is 1. The Morgan fingerprint density at radius 2 is 2.18 bits per heavy atom. The highest BCUT2D eigenvalue weighted by Gasteiger charge is 2.07. The Morgan fingerprint density at radius 3 is 2.88 bits per heavy atom. The van der Waals surface area contributed by atoms with Gasteiger partial charge in [-0.1, -0.05) is 13.8 Å². The van der Waals surface area contributed by atoms with Gasteiger partial charge in [-0.3, -0.25) is 0 Å². The Hall–Kier alpha value is -1.29. The number of ether oxygens (including phenoxy) is 1. The summed E-state index contributed by atoms with van der Waals surface area (Å²) in [6.07, 6.45) is 1.04. The van der Waals surface area contributed by atoms with Crippen molar-refractivity contribution in [2.24, 2.45) is 5.92 Å². The van der Waals surface area contributed by atoms with Crippen molar-refractivity contribution in [1.29, 1.82) is 0 Å². The molecular weight excluding hydrogens is 232 g/mol. The van der Waals surface area contributed by atoms with E-state index in [1.54, 1.807) is 11.3 Å². The van der Waals surface area contributed by atoms with E-state index in [0.717, 1.165) is 27.4 Å². The first-order valence-corrected chi connectivity index (χ1v) is 6.67. The second-order valence-corrected chi connectivity index (χ2v) is 5.86. The summed E-state index contributed by atoms with van der Waals surface area (Å²) >= 11 is 1.66. The van der Waals surface area contributed by atoms with E-state index < -0.39 is 0 Å². The number of aromatic nitrogens is 1. The van der Waals surface area contributed by atoms with Crippen molar-refractivity contribution in [3.63, 3.8) is 0 Å². The summed E-state index contributed by atoms with van der Waals surface area (Å²) in [5.74, 6) is 1.39. The number of fused-ring (bicyclic) bond motifs is 1. The fourth-order valence-corrected chi connectivity index (χ4v) is 2.47. The average molecular weight is 250 g/mol. The lowest BCUT2D eigenvalue weighted by Gasteiger charge is -2.10. The van der Waals surface area contributed by atoms with Crippen LogP contribution >= 0.6 is 11.3 Å². The standard InChI is InChI=1S/C13H18N2OS/c1-8(2)4-5-16-12-7-11-13(6-10(12)14)17-9(3)15-11/h6-8H,4-5,14H2,1-3H3. The van der Waals surface area contributed by atoms with Crippen molar-refractivity contribution in [3.8, 4) is 5.75 Å². The van der Waals surface area contributed by atoms with E-state index in [0.29, 0.717) is 18.2 Å². The van der Waals surface area contributed by atoms with E-state index in [2.05, 4.69) is 18.8 Å². The number of nitrogen functional groups attached to an aromatic ring is 1. The summed E-state index contributed by atoms with van der Waals surface area (Å²) in [6.45, 7) is 7.07. The van der Waals surface area contributed by atoms with E-state index >= 15 is 0 Å². The van der Waals surface area contributed by atoms with Gasteiger partial charge < -0.3 is 10.5 Å². The molecule has 0 bridgehead atoms. The van der Waals surface area contributed by atoms with Gasteiger partial charge in [0.05, 0.1) is 27.5 Å². The number of aryl methyl sites for hydroxylation is 1. The zero-order valence-corrected chi connectivity index (χ0v) is 11.3. The monoisotopic (exact) mass is 250 g/mol. The van der Waals surface area contributed by atoms with E-state index in [1.807, 2.05) is 19.1 Å². The maximum Gasteiger partial charge on any atom is 0.144 e. The van der Waals surface area contributed by atoms with Crippen LogP contribution < -0.4 is 10.5 Å². The van der Waals surface area contributed by atoms with Gasteiger partial charge in [-0.2, -0.15) is 0 Å². The van der Waals surface area contributed by atoms with Gasteiger partial charge in [0.15, 0.2) is 0 Å². The number of benzene rings is 1. The quantitative estimate of drug-likeness (QED) is 0.843. The highest BCUT2D eigenvalue weighted by Crippen LogP contribution is 2.31. The first kappa shape index (κ1) is 12.2. The molecule has 0 radical (unpaired) electrons. The molecule has 0 fully saturated rings. The summed E-state index contributed by atoms with van der Waals surface area (Å²) in [5, 5.41) is 1.05. The molecule has 92 valence electrons. The third kappa shape index (κ3) is 2.88. The topological polar surface area (TPSA) is 48.1 Å². The normalized spacial score (nSPS) is 11.3. The van der Waals surface area contributed by atoms with E-state index in [4.69, 9.17) is 10.5 Å². The van der Waals surface area contributed by atoms with Crippen molar-refractivity contribution >= 4 is 27.2 Å². The van der Waals surface area contributed by atoms with Crippen LogP contribution in [0.2, 0.25) is 0 Å². The van der Waals surface area contributed by atoms with Gasteiger partial charge in [-0.05, 0) is 25.3 Å². The van der Waals surface area contributed by atoms with E-state index in [-0.39, 0.29) is 0 Å². The highest BCUT2D eigenvalue weighted by atomic mass is 32.1. The molecule has 1 aromatic carbocycles. The molecule has 0 aliphatic carbocycles. The predicted octanol–water partition coefficient (Wildman–Crippen LogP) is 3.61. The smallest absolute Gasteiger partial charge is 0.144 e. The molecule has 17 heavy (non-hydrogen) atoms. The lowest BCUT2D eigenvalue weighted by molar-refractivity contribution is 0.291. The third-order valence-corrected chi connectivity index (χ3v) is 3.51. The van der Waals surface area contributed by atoms with Crippen molar-refractivity contribution in [3.05, 3.63) is 17.1 Å². The maximum atomic E-state index is 5.97. The van der Waals surface area contributed by atoms with E-state index in [9.17, 15) is 0 Å². The molecule has 4 heteroatoms. The molecule has 0 saturated carbocycles. The van der Waals surface area contributed by atoms with Gasteiger partial charge in [0.25, 0.3) is 0 Å². The Balaban J connectivity index is 2.18. The number of nitrogens with two attached hydrogens (primary N) is 1. The van der Waals surface area contributed by atoms with Crippen LogP contribution in [0.1, 0.15) is 25.3 Å². The van der Waals surface area contributed by atoms with Gasteiger partial charge in [-0.15, -0.1) is 11.3 Å². The fourth-order valence-electron chi connectivity index (χ4n) is 1.62. The summed E-state index contributed by atoms with van der Waals surface area (Å²) in [6, 6.07) is 3.89. The fraction of sp³-hybridized carbons (Fsp3) is 0.462. The van der Waals surface area contributed by atoms with Gasteiger partial charge in [0.1, 0.15) is 5.75 Å². The molecule has 3 nitrogen and oxygen atoms in total. The zero-order valence-electron chi connectivity index (χ0n) is 10.5. The third-order valence-electron chi connectivity index (χ3n) is 2.58. The summed E-state index contributed by atoms with van der Waals surface area (Å²) in [7, 11) is 0. The molecule has 2 rings (SSSR count). The Bertz CT molecular complexity index is 519. The van der Waals surface area contributed by atoms with Crippen molar-refractivity contribution in [1.82, 2.24) is 4.98 Å². The van der Waals surface area contributed by atoms with Crippen LogP contribution in [0.5, 0.6) is 5.75 Å². The van der Waals surface area contributed by atoms with Crippen LogP contribution in [0.15, 0.2) is 12.1 Å². The Morgan fingerprint density at radius 1 is 1.41 bits per heavy atom. The number of hydrogen-bond donors (Lipinski definition) is 1. The SMILES string of the molecule is Cc1nc2cc(OCCC(C)C)c(N)cc2s1. The van der Waals surface area contributed by atoms with Gasteiger partial charge in [0.2, 0.25) is 0 Å². The number of hydrogen-bond acceptors (Lipinski definition) is 4. The molecule has 2 N–H and O–H groups in total. The lowest BCUT2D eigenvalue weighted by Crippen LogP contribution is -2.03. The molecule has 0 atom stereocenters. The second kappa shape index (κ2) is 4.92. The summed E-state index contributed by atoms with van der Waals surface area (Å²) in [5.41, 5.74) is 7.64. The van der Waals surface area contributed by atoms with Crippen LogP contribution in [0.4, 0.5) is 5.69 Å². The molecule has 2 aromatic rings. The van der Waals surface area contributed by atoms with Gasteiger partial charge in [-0.25, -0.2) is 4.98 Å². The summed E-state index contributed by atoms with van der Waals surface area (Å²) < 4.78 is 6.83. The van der Waals surface area contributed by atoms with Crippen LogP contribution in [0.3, 0.4) is 0 Å². The molecule has 0 spiro atoms. The van der Waals surface area contributed by atoms with Crippen LogP contribution in [0.25, 0.3) is 10.2 Å². The average Bonchev–Trinajstić information content (AvgIpc) is 2.57. The molecule has 1 aromatic heterocycles. The molecular formula is C13H18N2OS. The minimum Gasteiger partial charge on any atom is -0.491 e. The van der Waals surface area contributed by atoms with Crippen LogP contribution in [0, 0.1) is 12.8 Å². The van der Waals surface area contributed by atoms with Crippen LogP contribution in [-0.4, -0.2) is 11.6 Å². The first-order chi connectivity index (χ1) is 8.06. The number of thiazole rings is 1. The zero-order chi connectivity index (χ0) is 12.4. The molecule has 0 unspecified atom stereocenters. The predicted molar refractivity (Wildman–Crippen MR) is 73.7 cm³/mol. The maximum absolute atomic E-state index is 5.97. The van der Waals surface area contributed by atoms with Crippen molar-refractivity contribution in [2.45, 2.75) is 27.2 Å². The van der Waals surface area contributed by atoms with Gasteiger partial charge >= 0.3 is 0 Å². The van der Waals surface area contributed by atoms with Crippen molar-refractivity contribution in [2.75, 3.05) is 12.3 Å². The molecule has 0 aliphatic rings. The van der Waals surface area contributed by atoms with Crippen LogP contribution in [-0.2, 0) is 0 Å². The number of rotatable bonds is 4. The largest absolute Gasteiger partial charge is 0.491 e. The Kier molecular flexibility index (Phi) is 3.52. The lowest BCUT2D eigenvalue weighted by atomic mass is 10.1. The summed E-state index contributed by atoms with van der Waals surface area (Å²) in [4.78, 5) is 4.44. The Labute approximate surface area is 106 Å². The van der Waals surface area contributed by atoms with E-state index in [1.165, 1.54) is 0 Å². The van der Waals surface area contributed by atoms with Crippen molar-refractivity contribution < 1.29 is 4.74 Å². The molecule has 1 heterocycles. The molecule has 0 saturated heterocycles. The molecule has 0 aliphatic heterocycles. The second-order valence-electron chi connectivity index (χ2n) is 4.62. The minimum absolute atomic E-state index is 0.640. The first-order valence-electron chi connectivity index (χ1n) is 5.85. The highest BCUT2D eigenvalue weighted by molar-refractivity contribution is 7.18. The molecule has 0 amide bonds. The number of nitrogens with zero attached hydrogens (tertiary/aromatic N) is 1. The van der Waals surface area contributed by atoms with Gasteiger partial charge in [0, 0.05) is 6.07 Å².